The maximum absolute atomic E-state index is 12.9. The quantitative estimate of drug-likeness (QED) is 0.557. The molecule has 1 aromatic heterocycles. The van der Waals surface area contributed by atoms with Crippen molar-refractivity contribution >= 4 is 11.8 Å². The molecule has 0 radical (unpaired) electrons. The highest BCUT2D eigenvalue weighted by Crippen LogP contribution is 2.19. The third-order valence-electron chi connectivity index (χ3n) is 3.93. The Balaban J connectivity index is 1.69. The summed E-state index contributed by atoms with van der Waals surface area (Å²) >= 11 is 0. The second kappa shape index (κ2) is 7.31. The van der Waals surface area contributed by atoms with E-state index < -0.39 is 23.7 Å². The summed E-state index contributed by atoms with van der Waals surface area (Å²) in [6, 6.07) is 14.4. The second-order valence-electron chi connectivity index (χ2n) is 5.95. The highest BCUT2D eigenvalue weighted by Gasteiger charge is 2.22. The van der Waals surface area contributed by atoms with Gasteiger partial charge in [0.2, 0.25) is 5.78 Å². The van der Waals surface area contributed by atoms with Gasteiger partial charge in [0, 0.05) is 11.1 Å². The van der Waals surface area contributed by atoms with E-state index in [1.54, 1.807) is 6.07 Å². The third kappa shape index (κ3) is 3.85. The Morgan fingerprint density at radius 2 is 1.73 bits per heavy atom. The fraction of sp³-hybridized carbons (Fsp3) is 0.150. The van der Waals surface area contributed by atoms with Crippen molar-refractivity contribution in [1.82, 2.24) is 10.2 Å². The summed E-state index contributed by atoms with van der Waals surface area (Å²) in [5.74, 6) is -1.53. The summed E-state index contributed by atoms with van der Waals surface area (Å²) in [5, 5.41) is 6.73. The zero-order valence-electron chi connectivity index (χ0n) is 14.3. The molecule has 0 bridgehead atoms. The van der Waals surface area contributed by atoms with Crippen LogP contribution < -0.4 is 0 Å². The van der Waals surface area contributed by atoms with Crippen molar-refractivity contribution in [3.8, 4) is 11.3 Å². The van der Waals surface area contributed by atoms with Crippen molar-refractivity contribution in [2.45, 2.75) is 20.0 Å². The number of hydrogen-bond donors (Lipinski definition) is 1. The lowest BCUT2D eigenvalue weighted by Crippen LogP contribution is -2.24. The number of ketones is 1. The Hall–Kier alpha value is -3.28. The maximum Gasteiger partial charge on any atom is 0.357 e. The maximum atomic E-state index is 12.9. The van der Waals surface area contributed by atoms with E-state index in [9.17, 15) is 14.0 Å². The first-order chi connectivity index (χ1) is 12.4. The van der Waals surface area contributed by atoms with Crippen LogP contribution in [0.1, 0.15) is 33.3 Å². The van der Waals surface area contributed by atoms with E-state index in [0.717, 1.165) is 11.1 Å². The van der Waals surface area contributed by atoms with Crippen molar-refractivity contribution in [3.05, 3.63) is 77.2 Å². The zero-order chi connectivity index (χ0) is 18.7. The van der Waals surface area contributed by atoms with Crippen LogP contribution in [-0.4, -0.2) is 28.1 Å². The Kier molecular flexibility index (Phi) is 4.93. The molecule has 0 aliphatic rings. The number of nitrogens with zero attached hydrogens (tertiary/aromatic N) is 1. The zero-order valence-corrected chi connectivity index (χ0v) is 14.3. The lowest BCUT2D eigenvalue weighted by molar-refractivity contribution is 0.0313. The number of aryl methyl sites for hydroxylation is 1. The number of aromatic nitrogens is 2. The minimum absolute atomic E-state index is 0.152. The van der Waals surface area contributed by atoms with E-state index in [-0.39, 0.29) is 11.3 Å². The number of halogens is 1. The predicted octanol–water partition coefficient (Wildman–Crippen LogP) is 3.95. The minimum Gasteiger partial charge on any atom is -0.450 e. The van der Waals surface area contributed by atoms with Gasteiger partial charge < -0.3 is 4.74 Å². The molecule has 6 heteroatoms. The molecule has 0 saturated heterocycles. The molecule has 1 atom stereocenters. The number of esters is 1. The molecule has 5 nitrogen and oxygen atoms in total. The van der Waals surface area contributed by atoms with Gasteiger partial charge in [0.25, 0.3) is 0 Å². The molecular weight excluding hydrogens is 335 g/mol. The largest absolute Gasteiger partial charge is 0.450 e. The normalized spacial score (nSPS) is 11.8. The molecule has 0 spiro atoms. The molecule has 0 amide bonds. The van der Waals surface area contributed by atoms with Gasteiger partial charge in [-0.3, -0.25) is 9.89 Å². The number of carbonyl (C=O) groups excluding carboxylic acids is 2. The van der Waals surface area contributed by atoms with Crippen LogP contribution >= 0.6 is 0 Å². The van der Waals surface area contributed by atoms with Crippen molar-refractivity contribution in [3.63, 3.8) is 0 Å². The summed E-state index contributed by atoms with van der Waals surface area (Å²) in [7, 11) is 0. The van der Waals surface area contributed by atoms with Crippen LogP contribution in [0.25, 0.3) is 11.3 Å². The van der Waals surface area contributed by atoms with E-state index in [4.69, 9.17) is 4.74 Å². The summed E-state index contributed by atoms with van der Waals surface area (Å²) < 4.78 is 18.1. The first-order valence-corrected chi connectivity index (χ1v) is 8.07. The van der Waals surface area contributed by atoms with Crippen LogP contribution in [0.15, 0.2) is 54.6 Å². The van der Waals surface area contributed by atoms with E-state index in [2.05, 4.69) is 10.2 Å². The number of ether oxygens (including phenoxy) is 1. The topological polar surface area (TPSA) is 72.1 Å². The van der Waals surface area contributed by atoms with Crippen molar-refractivity contribution < 1.29 is 18.7 Å². The Morgan fingerprint density at radius 3 is 2.38 bits per heavy atom. The van der Waals surface area contributed by atoms with Crippen LogP contribution in [0.3, 0.4) is 0 Å². The van der Waals surface area contributed by atoms with Gasteiger partial charge >= 0.3 is 5.97 Å². The first kappa shape index (κ1) is 17.5. The van der Waals surface area contributed by atoms with E-state index >= 15 is 0 Å². The minimum atomic E-state index is -1.00. The van der Waals surface area contributed by atoms with Gasteiger partial charge in [-0.15, -0.1) is 0 Å². The van der Waals surface area contributed by atoms with Crippen molar-refractivity contribution in [2.75, 3.05) is 0 Å². The Bertz CT molecular complexity index is 930. The molecular formula is C20H17FN2O3. The molecule has 0 aliphatic heterocycles. The van der Waals surface area contributed by atoms with E-state index in [1.165, 1.54) is 31.2 Å². The molecule has 1 heterocycles. The highest BCUT2D eigenvalue weighted by atomic mass is 19.1. The molecule has 132 valence electrons. The SMILES string of the molecule is Cc1ccc(-c2cc(C(=O)OC(C)C(=O)c3ccc(F)cc3)[nH]n2)cc1. The van der Waals surface area contributed by atoms with Gasteiger partial charge in [-0.25, -0.2) is 9.18 Å². The average Bonchev–Trinajstić information content (AvgIpc) is 3.12. The van der Waals surface area contributed by atoms with Gasteiger partial charge in [-0.1, -0.05) is 29.8 Å². The molecule has 1 N–H and O–H groups in total. The fourth-order valence-corrected chi connectivity index (χ4v) is 2.42. The van der Waals surface area contributed by atoms with Gasteiger partial charge in [0.15, 0.2) is 6.10 Å². The van der Waals surface area contributed by atoms with Crippen LogP contribution in [0.5, 0.6) is 0 Å². The number of Topliss-reactive ketones (excluding diaryl/α,β-unsaturated/α-hetero) is 1. The van der Waals surface area contributed by atoms with E-state index in [0.29, 0.717) is 5.69 Å². The second-order valence-corrected chi connectivity index (χ2v) is 5.95. The molecule has 26 heavy (non-hydrogen) atoms. The molecule has 1 unspecified atom stereocenters. The number of H-pyrrole nitrogens is 1. The van der Waals surface area contributed by atoms with E-state index in [1.807, 2.05) is 31.2 Å². The van der Waals surface area contributed by atoms with Crippen LogP contribution in [0, 0.1) is 12.7 Å². The van der Waals surface area contributed by atoms with Crippen molar-refractivity contribution in [2.24, 2.45) is 0 Å². The number of aromatic amines is 1. The molecule has 0 fully saturated rings. The highest BCUT2D eigenvalue weighted by molar-refractivity contribution is 6.01. The average molecular weight is 352 g/mol. The summed E-state index contributed by atoms with van der Waals surface area (Å²) in [6.45, 7) is 3.46. The van der Waals surface area contributed by atoms with Gasteiger partial charge in [-0.2, -0.15) is 5.10 Å². The Morgan fingerprint density at radius 1 is 1.08 bits per heavy atom. The molecule has 3 aromatic rings. The lowest BCUT2D eigenvalue weighted by Gasteiger charge is -2.11. The Labute approximate surface area is 149 Å². The van der Waals surface area contributed by atoms with Crippen LogP contribution in [0.2, 0.25) is 0 Å². The number of rotatable bonds is 5. The molecule has 0 saturated carbocycles. The summed E-state index contributed by atoms with van der Waals surface area (Å²) in [4.78, 5) is 24.5. The first-order valence-electron chi connectivity index (χ1n) is 8.07. The summed E-state index contributed by atoms with van der Waals surface area (Å²) in [6.07, 6.45) is -1.00. The predicted molar refractivity (Wildman–Crippen MR) is 94.4 cm³/mol. The van der Waals surface area contributed by atoms with Crippen molar-refractivity contribution in [1.29, 1.82) is 0 Å². The summed E-state index contributed by atoms with van der Waals surface area (Å²) in [5.41, 5.74) is 3.02. The molecule has 3 rings (SSSR count). The molecule has 0 aliphatic carbocycles. The van der Waals surface area contributed by atoms with Gasteiger partial charge in [0.05, 0.1) is 5.69 Å². The lowest BCUT2D eigenvalue weighted by atomic mass is 10.1. The number of hydrogen-bond acceptors (Lipinski definition) is 4. The van der Waals surface area contributed by atoms with Crippen LogP contribution in [0.4, 0.5) is 4.39 Å². The van der Waals surface area contributed by atoms with Gasteiger partial charge in [-0.05, 0) is 44.2 Å². The number of benzene rings is 2. The third-order valence-corrected chi connectivity index (χ3v) is 3.93. The van der Waals surface area contributed by atoms with Gasteiger partial charge in [0.1, 0.15) is 11.5 Å². The standard InChI is InChI=1S/C20H17FN2O3/c1-12-3-5-14(6-4-12)17-11-18(23-22-17)20(25)26-13(2)19(24)15-7-9-16(21)10-8-15/h3-11,13H,1-2H3,(H,22,23). The van der Waals surface area contributed by atoms with Crippen LogP contribution in [-0.2, 0) is 4.74 Å². The monoisotopic (exact) mass is 352 g/mol. The fourth-order valence-electron chi connectivity index (χ4n) is 2.42. The molecule has 2 aromatic carbocycles. The smallest absolute Gasteiger partial charge is 0.357 e. The number of nitrogens with one attached hydrogen (secondary N) is 1. The number of carbonyl (C=O) groups is 2.